The zero-order valence-electron chi connectivity index (χ0n) is 10.6. The predicted molar refractivity (Wildman–Crippen MR) is 69.2 cm³/mol. The number of ether oxygens (including phenoxy) is 1. The topological polar surface area (TPSA) is 37.4 Å². The standard InChI is InChI=1S/C13H21N3O/c1-11-10-16(6-3-7-17-11)13-5-4-12(8-14-2)9-15-13/h4-5,9,11,14H,3,6-8,10H2,1-2H3. The van der Waals surface area contributed by atoms with Gasteiger partial charge in [0.1, 0.15) is 5.82 Å². The van der Waals surface area contributed by atoms with Crippen molar-refractivity contribution in [1.82, 2.24) is 10.3 Å². The van der Waals surface area contributed by atoms with Crippen molar-refractivity contribution in [1.29, 1.82) is 0 Å². The third-order valence-electron chi connectivity index (χ3n) is 2.97. The lowest BCUT2D eigenvalue weighted by atomic mass is 10.2. The number of hydrogen-bond donors (Lipinski definition) is 1. The molecule has 0 aliphatic carbocycles. The molecule has 0 radical (unpaired) electrons. The first-order chi connectivity index (χ1) is 8.29. The average molecular weight is 235 g/mol. The second-order valence-electron chi connectivity index (χ2n) is 4.54. The van der Waals surface area contributed by atoms with Gasteiger partial charge in [0.15, 0.2) is 0 Å². The lowest BCUT2D eigenvalue weighted by Crippen LogP contribution is -2.30. The van der Waals surface area contributed by atoms with Gasteiger partial charge in [-0.3, -0.25) is 0 Å². The number of rotatable bonds is 3. The fourth-order valence-electron chi connectivity index (χ4n) is 2.11. The number of hydrogen-bond acceptors (Lipinski definition) is 4. The molecule has 1 atom stereocenters. The van der Waals surface area contributed by atoms with Crippen LogP contribution in [0, 0.1) is 0 Å². The van der Waals surface area contributed by atoms with Crippen molar-refractivity contribution in [3.8, 4) is 0 Å². The summed E-state index contributed by atoms with van der Waals surface area (Å²) >= 11 is 0. The first-order valence-electron chi connectivity index (χ1n) is 6.25. The molecule has 1 fully saturated rings. The maximum Gasteiger partial charge on any atom is 0.128 e. The molecule has 0 bridgehead atoms. The number of pyridine rings is 1. The van der Waals surface area contributed by atoms with Gasteiger partial charge in [0.05, 0.1) is 6.10 Å². The van der Waals surface area contributed by atoms with Gasteiger partial charge < -0.3 is 15.0 Å². The van der Waals surface area contributed by atoms with Gasteiger partial charge in [-0.25, -0.2) is 4.98 Å². The summed E-state index contributed by atoms with van der Waals surface area (Å²) in [5, 5.41) is 3.13. The smallest absolute Gasteiger partial charge is 0.128 e. The molecule has 0 spiro atoms. The van der Waals surface area contributed by atoms with Crippen molar-refractivity contribution in [3.05, 3.63) is 23.9 Å². The summed E-state index contributed by atoms with van der Waals surface area (Å²) in [7, 11) is 1.95. The third kappa shape index (κ3) is 3.41. The molecular weight excluding hydrogens is 214 g/mol. The monoisotopic (exact) mass is 235 g/mol. The SMILES string of the molecule is CNCc1ccc(N2CCCOC(C)C2)nc1. The van der Waals surface area contributed by atoms with Crippen LogP contribution in [0.3, 0.4) is 0 Å². The lowest BCUT2D eigenvalue weighted by molar-refractivity contribution is 0.0820. The summed E-state index contributed by atoms with van der Waals surface area (Å²) < 4.78 is 5.64. The van der Waals surface area contributed by atoms with Crippen LogP contribution in [-0.4, -0.2) is 37.8 Å². The van der Waals surface area contributed by atoms with Gasteiger partial charge in [-0.2, -0.15) is 0 Å². The fraction of sp³-hybridized carbons (Fsp3) is 0.615. The Morgan fingerprint density at radius 3 is 3.12 bits per heavy atom. The Bertz CT molecular complexity index is 339. The number of nitrogens with zero attached hydrogens (tertiary/aromatic N) is 2. The minimum atomic E-state index is 0.288. The second-order valence-corrected chi connectivity index (χ2v) is 4.54. The van der Waals surface area contributed by atoms with Crippen LogP contribution in [0.2, 0.25) is 0 Å². The molecule has 0 aromatic carbocycles. The van der Waals surface area contributed by atoms with E-state index in [1.54, 1.807) is 0 Å². The predicted octanol–water partition coefficient (Wildman–Crippen LogP) is 1.42. The van der Waals surface area contributed by atoms with Crippen molar-refractivity contribution < 1.29 is 4.74 Å². The summed E-state index contributed by atoms with van der Waals surface area (Å²) in [4.78, 5) is 6.83. The highest BCUT2D eigenvalue weighted by Gasteiger charge is 2.15. The van der Waals surface area contributed by atoms with E-state index in [0.29, 0.717) is 0 Å². The van der Waals surface area contributed by atoms with Crippen LogP contribution < -0.4 is 10.2 Å². The first-order valence-corrected chi connectivity index (χ1v) is 6.25. The minimum Gasteiger partial charge on any atom is -0.377 e. The second kappa shape index (κ2) is 5.98. The first kappa shape index (κ1) is 12.3. The molecular formula is C13H21N3O. The molecule has 1 aliphatic heterocycles. The molecule has 1 saturated heterocycles. The van der Waals surface area contributed by atoms with Gasteiger partial charge in [0.2, 0.25) is 0 Å². The lowest BCUT2D eigenvalue weighted by Gasteiger charge is -2.23. The Morgan fingerprint density at radius 2 is 2.41 bits per heavy atom. The van der Waals surface area contributed by atoms with E-state index in [9.17, 15) is 0 Å². The highest BCUT2D eigenvalue weighted by Crippen LogP contribution is 2.15. The Labute approximate surface area is 103 Å². The van der Waals surface area contributed by atoms with E-state index in [1.165, 1.54) is 5.56 Å². The Hall–Kier alpha value is -1.13. The summed E-state index contributed by atoms with van der Waals surface area (Å²) in [6.45, 7) is 5.80. The van der Waals surface area contributed by atoms with Crippen LogP contribution >= 0.6 is 0 Å². The van der Waals surface area contributed by atoms with Crippen LogP contribution in [-0.2, 0) is 11.3 Å². The maximum absolute atomic E-state index is 5.64. The highest BCUT2D eigenvalue weighted by molar-refractivity contribution is 5.39. The van der Waals surface area contributed by atoms with Crippen LogP contribution in [0.5, 0.6) is 0 Å². The number of nitrogens with one attached hydrogen (secondary N) is 1. The molecule has 1 N–H and O–H groups in total. The van der Waals surface area contributed by atoms with E-state index < -0.39 is 0 Å². The van der Waals surface area contributed by atoms with Crippen LogP contribution in [0.25, 0.3) is 0 Å². The van der Waals surface area contributed by atoms with E-state index in [2.05, 4.69) is 34.3 Å². The highest BCUT2D eigenvalue weighted by atomic mass is 16.5. The van der Waals surface area contributed by atoms with Crippen LogP contribution in [0.1, 0.15) is 18.9 Å². The van der Waals surface area contributed by atoms with Gasteiger partial charge in [-0.05, 0) is 32.0 Å². The van der Waals surface area contributed by atoms with Gasteiger partial charge >= 0.3 is 0 Å². The van der Waals surface area contributed by atoms with E-state index in [4.69, 9.17) is 4.74 Å². The van der Waals surface area contributed by atoms with Crippen molar-refractivity contribution in [2.75, 3.05) is 31.6 Å². The molecule has 94 valence electrons. The summed E-state index contributed by atoms with van der Waals surface area (Å²) in [5.74, 6) is 1.06. The summed E-state index contributed by atoms with van der Waals surface area (Å²) in [5.41, 5.74) is 1.22. The minimum absolute atomic E-state index is 0.288. The van der Waals surface area contributed by atoms with Crippen LogP contribution in [0.15, 0.2) is 18.3 Å². The third-order valence-corrected chi connectivity index (χ3v) is 2.97. The van der Waals surface area contributed by atoms with E-state index >= 15 is 0 Å². The Balaban J connectivity index is 2.04. The molecule has 4 nitrogen and oxygen atoms in total. The van der Waals surface area contributed by atoms with Gasteiger partial charge in [0, 0.05) is 32.4 Å². The summed E-state index contributed by atoms with van der Waals surface area (Å²) in [6, 6.07) is 4.24. The largest absolute Gasteiger partial charge is 0.377 e. The molecule has 2 rings (SSSR count). The van der Waals surface area contributed by atoms with Crippen molar-refractivity contribution in [3.63, 3.8) is 0 Å². The molecule has 1 aromatic rings. The summed E-state index contributed by atoms with van der Waals surface area (Å²) in [6.07, 6.45) is 3.31. The zero-order valence-corrected chi connectivity index (χ0v) is 10.6. The molecule has 0 amide bonds. The molecule has 4 heteroatoms. The van der Waals surface area contributed by atoms with Gasteiger partial charge in [0.25, 0.3) is 0 Å². The van der Waals surface area contributed by atoms with Crippen molar-refractivity contribution in [2.24, 2.45) is 0 Å². The van der Waals surface area contributed by atoms with E-state index in [-0.39, 0.29) is 6.10 Å². The van der Waals surface area contributed by atoms with Crippen LogP contribution in [0.4, 0.5) is 5.82 Å². The van der Waals surface area contributed by atoms with Crippen molar-refractivity contribution >= 4 is 5.82 Å². The molecule has 2 heterocycles. The molecule has 0 saturated carbocycles. The normalized spacial score (nSPS) is 21.3. The van der Waals surface area contributed by atoms with Gasteiger partial charge in [-0.15, -0.1) is 0 Å². The Morgan fingerprint density at radius 1 is 1.53 bits per heavy atom. The van der Waals surface area contributed by atoms with Crippen molar-refractivity contribution in [2.45, 2.75) is 26.0 Å². The number of anilines is 1. The average Bonchev–Trinajstić information content (AvgIpc) is 2.55. The molecule has 1 aliphatic rings. The molecule has 1 unspecified atom stereocenters. The van der Waals surface area contributed by atoms with E-state index in [0.717, 1.165) is 38.5 Å². The van der Waals surface area contributed by atoms with E-state index in [1.807, 2.05) is 13.2 Å². The Kier molecular flexibility index (Phi) is 4.34. The zero-order chi connectivity index (χ0) is 12.1. The quantitative estimate of drug-likeness (QED) is 0.859. The number of aromatic nitrogens is 1. The fourth-order valence-corrected chi connectivity index (χ4v) is 2.11. The maximum atomic E-state index is 5.64. The molecule has 17 heavy (non-hydrogen) atoms. The van der Waals surface area contributed by atoms with Gasteiger partial charge in [-0.1, -0.05) is 6.07 Å². The molecule has 1 aromatic heterocycles.